The lowest BCUT2D eigenvalue weighted by molar-refractivity contribution is 0.209. The number of carbonyl (C=O) groups excluding carboxylic acids is 1. The van der Waals surface area contributed by atoms with E-state index in [4.69, 9.17) is 4.74 Å². The minimum Gasteiger partial charge on any atom is -0.496 e. The highest BCUT2D eigenvalue weighted by atomic mass is 16.5. The highest BCUT2D eigenvalue weighted by Crippen LogP contribution is 2.20. The second-order valence-electron chi connectivity index (χ2n) is 7.22. The summed E-state index contributed by atoms with van der Waals surface area (Å²) in [7, 11) is 1.67. The summed E-state index contributed by atoms with van der Waals surface area (Å²) in [6.07, 6.45) is 0.719. The molecule has 3 aromatic rings. The van der Waals surface area contributed by atoms with E-state index >= 15 is 0 Å². The van der Waals surface area contributed by atoms with Gasteiger partial charge in [-0.3, -0.25) is 0 Å². The van der Waals surface area contributed by atoms with Gasteiger partial charge in [-0.1, -0.05) is 66.2 Å². The van der Waals surface area contributed by atoms with E-state index in [1.165, 1.54) is 5.56 Å². The molecule has 0 spiro atoms. The molecular weight excluding hydrogens is 360 g/mol. The number of nitrogens with one attached hydrogen (secondary N) is 1. The Morgan fingerprint density at radius 1 is 0.966 bits per heavy atom. The fourth-order valence-electron chi connectivity index (χ4n) is 3.37. The van der Waals surface area contributed by atoms with Crippen molar-refractivity contribution in [3.8, 4) is 5.75 Å². The first-order valence-corrected chi connectivity index (χ1v) is 9.86. The summed E-state index contributed by atoms with van der Waals surface area (Å²) >= 11 is 0. The number of para-hydroxylation sites is 1. The quantitative estimate of drug-likeness (QED) is 0.573. The van der Waals surface area contributed by atoms with Crippen LogP contribution in [0.4, 0.5) is 10.5 Å². The molecule has 0 saturated heterocycles. The number of methoxy groups -OCH3 is 1. The van der Waals surface area contributed by atoms with Crippen LogP contribution in [0.2, 0.25) is 0 Å². The van der Waals surface area contributed by atoms with Crippen molar-refractivity contribution in [3.63, 3.8) is 0 Å². The fraction of sp³-hybridized carbons (Fsp3) is 0.240. The van der Waals surface area contributed by atoms with Gasteiger partial charge < -0.3 is 15.0 Å². The topological polar surface area (TPSA) is 41.6 Å². The lowest BCUT2D eigenvalue weighted by atomic mass is 10.1. The third-order valence-corrected chi connectivity index (χ3v) is 4.97. The third kappa shape index (κ3) is 5.61. The normalized spacial score (nSPS) is 10.4. The lowest BCUT2D eigenvalue weighted by Gasteiger charge is -2.24. The van der Waals surface area contributed by atoms with E-state index in [1.54, 1.807) is 7.11 Å². The van der Waals surface area contributed by atoms with Gasteiger partial charge in [0.15, 0.2) is 0 Å². The molecule has 0 heterocycles. The second-order valence-corrected chi connectivity index (χ2v) is 7.22. The molecule has 0 atom stereocenters. The minimum atomic E-state index is -0.101. The van der Waals surface area contributed by atoms with Crippen molar-refractivity contribution in [1.82, 2.24) is 4.90 Å². The first kappa shape index (κ1) is 20.5. The largest absolute Gasteiger partial charge is 0.496 e. The molecule has 0 saturated carbocycles. The maximum atomic E-state index is 13.1. The lowest BCUT2D eigenvalue weighted by Crippen LogP contribution is -2.36. The van der Waals surface area contributed by atoms with E-state index in [1.807, 2.05) is 85.5 Å². The molecule has 0 aromatic heterocycles. The van der Waals surface area contributed by atoms with Gasteiger partial charge in [0.1, 0.15) is 5.75 Å². The van der Waals surface area contributed by atoms with Gasteiger partial charge in [-0.2, -0.15) is 0 Å². The van der Waals surface area contributed by atoms with Crippen molar-refractivity contribution in [2.24, 2.45) is 0 Å². The van der Waals surface area contributed by atoms with Crippen LogP contribution in [0, 0.1) is 13.8 Å². The van der Waals surface area contributed by atoms with Crippen LogP contribution in [0.1, 0.15) is 22.3 Å². The molecule has 0 fully saturated rings. The van der Waals surface area contributed by atoms with Gasteiger partial charge in [-0.15, -0.1) is 0 Å². The van der Waals surface area contributed by atoms with Crippen molar-refractivity contribution < 1.29 is 9.53 Å². The number of aryl methyl sites for hydroxylation is 2. The summed E-state index contributed by atoms with van der Waals surface area (Å²) in [5.41, 5.74) is 5.27. The van der Waals surface area contributed by atoms with Gasteiger partial charge in [-0.05, 0) is 49.1 Å². The average Bonchev–Trinajstić information content (AvgIpc) is 2.74. The van der Waals surface area contributed by atoms with Crippen molar-refractivity contribution in [3.05, 3.63) is 95.1 Å². The van der Waals surface area contributed by atoms with Crippen molar-refractivity contribution in [2.75, 3.05) is 19.0 Å². The van der Waals surface area contributed by atoms with Crippen LogP contribution in [0.25, 0.3) is 0 Å². The van der Waals surface area contributed by atoms with E-state index in [9.17, 15) is 4.79 Å². The highest BCUT2D eigenvalue weighted by molar-refractivity contribution is 5.90. The molecule has 0 radical (unpaired) electrons. The van der Waals surface area contributed by atoms with Crippen LogP contribution >= 0.6 is 0 Å². The van der Waals surface area contributed by atoms with Crippen molar-refractivity contribution in [1.29, 1.82) is 0 Å². The Bertz CT molecular complexity index is 954. The summed E-state index contributed by atoms with van der Waals surface area (Å²) in [6.45, 7) is 5.20. The van der Waals surface area contributed by atoms with Gasteiger partial charge in [-0.25, -0.2) is 4.79 Å². The monoisotopic (exact) mass is 388 g/mol. The molecular formula is C25H28N2O2. The van der Waals surface area contributed by atoms with Gasteiger partial charge in [0.05, 0.1) is 7.11 Å². The molecule has 3 aromatic carbocycles. The molecule has 150 valence electrons. The number of nitrogens with zero attached hydrogens (tertiary/aromatic N) is 1. The summed E-state index contributed by atoms with van der Waals surface area (Å²) in [5, 5.41) is 3.08. The Balaban J connectivity index is 1.77. The SMILES string of the molecule is COc1ccccc1CCN(Cc1ccccc1)C(=O)Nc1ccc(C)cc1C. The van der Waals surface area contributed by atoms with Gasteiger partial charge in [0.2, 0.25) is 0 Å². The molecule has 0 bridgehead atoms. The number of urea groups is 1. The second kappa shape index (κ2) is 9.78. The standard InChI is InChI=1S/C25H28N2O2/c1-19-13-14-23(20(2)17-19)26-25(28)27(18-21-9-5-4-6-10-21)16-15-22-11-7-8-12-24(22)29-3/h4-14,17H,15-16,18H2,1-3H3,(H,26,28). The molecule has 4 nitrogen and oxygen atoms in total. The van der Waals surface area contributed by atoms with Crippen molar-refractivity contribution >= 4 is 11.7 Å². The Kier molecular flexibility index (Phi) is 6.90. The number of amides is 2. The van der Waals surface area contributed by atoms with Crippen LogP contribution in [0.5, 0.6) is 5.75 Å². The first-order valence-electron chi connectivity index (χ1n) is 9.86. The maximum absolute atomic E-state index is 13.1. The number of hydrogen-bond donors (Lipinski definition) is 1. The van der Waals surface area contributed by atoms with E-state index in [-0.39, 0.29) is 6.03 Å². The molecule has 29 heavy (non-hydrogen) atoms. The fourth-order valence-corrected chi connectivity index (χ4v) is 3.37. The summed E-state index contributed by atoms with van der Waals surface area (Å²) in [6, 6.07) is 24.0. The molecule has 0 aliphatic rings. The number of anilines is 1. The average molecular weight is 389 g/mol. The molecule has 1 N–H and O–H groups in total. The first-order chi connectivity index (χ1) is 14.1. The zero-order chi connectivity index (χ0) is 20.6. The molecule has 0 aliphatic carbocycles. The molecule has 0 unspecified atom stereocenters. The zero-order valence-corrected chi connectivity index (χ0v) is 17.3. The number of rotatable bonds is 7. The van der Waals surface area contributed by atoms with Crippen LogP contribution < -0.4 is 10.1 Å². The van der Waals surface area contributed by atoms with Crippen LogP contribution in [-0.2, 0) is 13.0 Å². The minimum absolute atomic E-state index is 0.101. The predicted octanol–water partition coefficient (Wildman–Crippen LogP) is 5.59. The van der Waals surface area contributed by atoms with Gasteiger partial charge in [0.25, 0.3) is 0 Å². The maximum Gasteiger partial charge on any atom is 0.322 e. The van der Waals surface area contributed by atoms with Gasteiger partial charge >= 0.3 is 6.03 Å². The molecule has 0 aliphatic heterocycles. The highest BCUT2D eigenvalue weighted by Gasteiger charge is 2.16. The molecule has 3 rings (SSSR count). The van der Waals surface area contributed by atoms with Crippen molar-refractivity contribution in [2.45, 2.75) is 26.8 Å². The van der Waals surface area contributed by atoms with E-state index < -0.39 is 0 Å². The Hall–Kier alpha value is -3.27. The van der Waals surface area contributed by atoms with Crippen LogP contribution in [-0.4, -0.2) is 24.6 Å². The van der Waals surface area contributed by atoms with Crippen LogP contribution in [0.15, 0.2) is 72.8 Å². The Morgan fingerprint density at radius 2 is 1.69 bits per heavy atom. The molecule has 2 amide bonds. The number of carbonyl (C=O) groups is 1. The summed E-state index contributed by atoms with van der Waals surface area (Å²) in [4.78, 5) is 15.0. The third-order valence-electron chi connectivity index (χ3n) is 4.97. The summed E-state index contributed by atoms with van der Waals surface area (Å²) in [5.74, 6) is 0.849. The van der Waals surface area contributed by atoms with E-state index in [0.29, 0.717) is 13.1 Å². The number of benzene rings is 3. The summed E-state index contributed by atoms with van der Waals surface area (Å²) < 4.78 is 5.46. The molecule has 4 heteroatoms. The van der Waals surface area contributed by atoms with E-state index in [0.717, 1.165) is 34.5 Å². The van der Waals surface area contributed by atoms with Gasteiger partial charge in [0, 0.05) is 18.8 Å². The number of ether oxygens (including phenoxy) is 1. The smallest absolute Gasteiger partial charge is 0.322 e. The Labute approximate surface area is 173 Å². The van der Waals surface area contributed by atoms with E-state index in [2.05, 4.69) is 11.4 Å². The Morgan fingerprint density at radius 3 is 2.41 bits per heavy atom. The zero-order valence-electron chi connectivity index (χ0n) is 17.3. The number of hydrogen-bond acceptors (Lipinski definition) is 2. The van der Waals surface area contributed by atoms with Crippen LogP contribution in [0.3, 0.4) is 0 Å². The predicted molar refractivity (Wildman–Crippen MR) is 118 cm³/mol.